The zero-order valence-electron chi connectivity index (χ0n) is 14.5. The number of carbonyl (C=O) groups excluding carboxylic acids is 1. The molecule has 2 aromatic rings. The van der Waals surface area contributed by atoms with Crippen molar-refractivity contribution >= 4 is 30.1 Å². The smallest absolute Gasteiger partial charge is 0.255 e. The fourth-order valence-corrected chi connectivity index (χ4v) is 4.11. The predicted octanol–water partition coefficient (Wildman–Crippen LogP) is 4.33. The summed E-state index contributed by atoms with van der Waals surface area (Å²) in [4.78, 5) is 17.2. The molecule has 1 amide bonds. The molecule has 0 spiro atoms. The highest BCUT2D eigenvalue weighted by molar-refractivity contribution is 7.99. The van der Waals surface area contributed by atoms with Gasteiger partial charge in [-0.15, -0.1) is 12.4 Å². The Labute approximate surface area is 160 Å². The van der Waals surface area contributed by atoms with E-state index in [9.17, 15) is 4.79 Å². The molecule has 1 saturated heterocycles. The highest BCUT2D eigenvalue weighted by Gasteiger charge is 2.24. The van der Waals surface area contributed by atoms with E-state index in [-0.39, 0.29) is 18.3 Å². The number of hydrogen-bond donors (Lipinski definition) is 1. The first kappa shape index (κ1) is 19.8. The lowest BCUT2D eigenvalue weighted by molar-refractivity contribution is 0.0687. The van der Waals surface area contributed by atoms with E-state index in [1.165, 1.54) is 0 Å². The molecule has 0 saturated carbocycles. The molecule has 0 atom stereocenters. The van der Waals surface area contributed by atoms with Gasteiger partial charge in [0.2, 0.25) is 0 Å². The first-order valence-corrected chi connectivity index (χ1v) is 9.35. The number of likely N-dealkylation sites (tertiary alicyclic amines) is 1. The van der Waals surface area contributed by atoms with Gasteiger partial charge in [0, 0.05) is 22.9 Å². The third kappa shape index (κ3) is 5.24. The first-order chi connectivity index (χ1) is 11.8. The van der Waals surface area contributed by atoms with Gasteiger partial charge in [0.15, 0.2) is 0 Å². The van der Waals surface area contributed by atoms with Crippen LogP contribution >= 0.6 is 24.2 Å². The second-order valence-corrected chi connectivity index (χ2v) is 7.32. The fraction of sp³-hybridized carbons (Fsp3) is 0.350. The van der Waals surface area contributed by atoms with E-state index in [4.69, 9.17) is 0 Å². The SMILES string of the molecule is CNCC1CCN(C(=O)c2ccccc2Sc2ccccc2)CC1.Cl. The van der Waals surface area contributed by atoms with E-state index >= 15 is 0 Å². The Hall–Kier alpha value is -1.49. The third-order valence-corrected chi connectivity index (χ3v) is 5.57. The second-order valence-electron chi connectivity index (χ2n) is 6.20. The van der Waals surface area contributed by atoms with Crippen molar-refractivity contribution in [2.24, 2.45) is 5.92 Å². The molecule has 3 nitrogen and oxygen atoms in total. The maximum atomic E-state index is 13.0. The van der Waals surface area contributed by atoms with Crippen molar-refractivity contribution in [2.45, 2.75) is 22.6 Å². The van der Waals surface area contributed by atoms with Crippen LogP contribution in [0.25, 0.3) is 0 Å². The van der Waals surface area contributed by atoms with Crippen LogP contribution in [0.1, 0.15) is 23.2 Å². The topological polar surface area (TPSA) is 32.3 Å². The number of hydrogen-bond acceptors (Lipinski definition) is 3. The Balaban J connectivity index is 0.00000225. The quantitative estimate of drug-likeness (QED) is 0.842. The molecule has 0 bridgehead atoms. The summed E-state index contributed by atoms with van der Waals surface area (Å²) in [7, 11) is 1.99. The van der Waals surface area contributed by atoms with Gasteiger partial charge in [-0.3, -0.25) is 4.79 Å². The van der Waals surface area contributed by atoms with Crippen LogP contribution in [-0.4, -0.2) is 37.5 Å². The predicted molar refractivity (Wildman–Crippen MR) is 107 cm³/mol. The van der Waals surface area contributed by atoms with E-state index in [2.05, 4.69) is 17.4 Å². The van der Waals surface area contributed by atoms with E-state index in [0.717, 1.165) is 47.8 Å². The summed E-state index contributed by atoms with van der Waals surface area (Å²) in [5, 5.41) is 3.24. The van der Waals surface area contributed by atoms with Crippen LogP contribution in [-0.2, 0) is 0 Å². The van der Waals surface area contributed by atoms with E-state index in [1.807, 2.05) is 54.4 Å². The molecule has 25 heavy (non-hydrogen) atoms. The number of nitrogens with zero attached hydrogens (tertiary/aromatic N) is 1. The molecule has 1 aliphatic heterocycles. The average molecular weight is 377 g/mol. The summed E-state index contributed by atoms with van der Waals surface area (Å²) in [6.45, 7) is 2.76. The molecule has 0 radical (unpaired) electrons. The summed E-state index contributed by atoms with van der Waals surface area (Å²) < 4.78 is 0. The highest BCUT2D eigenvalue weighted by Crippen LogP contribution is 2.31. The fourth-order valence-electron chi connectivity index (χ4n) is 3.15. The average Bonchev–Trinajstić information content (AvgIpc) is 2.63. The number of amides is 1. The lowest BCUT2D eigenvalue weighted by Gasteiger charge is -2.32. The summed E-state index contributed by atoms with van der Waals surface area (Å²) in [6.07, 6.45) is 2.17. The maximum absolute atomic E-state index is 13.0. The molecule has 5 heteroatoms. The van der Waals surface area contributed by atoms with Gasteiger partial charge in [0.05, 0.1) is 5.56 Å². The van der Waals surface area contributed by atoms with Crippen molar-refractivity contribution in [3.8, 4) is 0 Å². The maximum Gasteiger partial charge on any atom is 0.255 e. The normalized spacial score (nSPS) is 14.8. The number of nitrogens with one attached hydrogen (secondary N) is 1. The third-order valence-electron chi connectivity index (χ3n) is 4.48. The number of rotatable bonds is 5. The van der Waals surface area contributed by atoms with Crippen molar-refractivity contribution < 1.29 is 4.79 Å². The Morgan fingerprint density at radius 3 is 2.40 bits per heavy atom. The van der Waals surface area contributed by atoms with E-state index in [1.54, 1.807) is 11.8 Å². The van der Waals surface area contributed by atoms with Crippen LogP contribution in [0.5, 0.6) is 0 Å². The monoisotopic (exact) mass is 376 g/mol. The Kier molecular flexibility index (Phi) is 7.82. The molecule has 1 heterocycles. The van der Waals surface area contributed by atoms with Crippen LogP contribution in [0.4, 0.5) is 0 Å². The molecule has 3 rings (SSSR count). The molecular formula is C20H25ClN2OS. The Morgan fingerprint density at radius 2 is 1.72 bits per heavy atom. The molecule has 1 N–H and O–H groups in total. The molecule has 0 unspecified atom stereocenters. The van der Waals surface area contributed by atoms with Gasteiger partial charge < -0.3 is 10.2 Å². The van der Waals surface area contributed by atoms with Gasteiger partial charge in [-0.2, -0.15) is 0 Å². The lowest BCUT2D eigenvalue weighted by atomic mass is 9.96. The van der Waals surface area contributed by atoms with Gasteiger partial charge in [-0.25, -0.2) is 0 Å². The van der Waals surface area contributed by atoms with Crippen molar-refractivity contribution in [1.29, 1.82) is 0 Å². The minimum absolute atomic E-state index is 0. The zero-order valence-corrected chi connectivity index (χ0v) is 16.1. The summed E-state index contributed by atoms with van der Waals surface area (Å²) in [6, 6.07) is 18.2. The highest BCUT2D eigenvalue weighted by atomic mass is 35.5. The molecule has 1 fully saturated rings. The molecular weight excluding hydrogens is 352 g/mol. The number of halogens is 1. The minimum Gasteiger partial charge on any atom is -0.339 e. The molecule has 134 valence electrons. The van der Waals surface area contributed by atoms with Crippen molar-refractivity contribution in [2.75, 3.05) is 26.7 Å². The van der Waals surface area contributed by atoms with Gasteiger partial charge in [-0.1, -0.05) is 42.1 Å². The van der Waals surface area contributed by atoms with Crippen LogP contribution in [0.3, 0.4) is 0 Å². The zero-order chi connectivity index (χ0) is 16.8. The van der Waals surface area contributed by atoms with Crippen molar-refractivity contribution in [3.63, 3.8) is 0 Å². The van der Waals surface area contributed by atoms with Gasteiger partial charge in [0.1, 0.15) is 0 Å². The van der Waals surface area contributed by atoms with Crippen LogP contribution in [0.2, 0.25) is 0 Å². The largest absolute Gasteiger partial charge is 0.339 e. The van der Waals surface area contributed by atoms with Crippen LogP contribution in [0, 0.1) is 5.92 Å². The van der Waals surface area contributed by atoms with Crippen LogP contribution < -0.4 is 5.32 Å². The first-order valence-electron chi connectivity index (χ1n) is 8.53. The van der Waals surface area contributed by atoms with Gasteiger partial charge in [0.25, 0.3) is 5.91 Å². The van der Waals surface area contributed by atoms with Crippen LogP contribution in [0.15, 0.2) is 64.4 Å². The second kappa shape index (κ2) is 9.85. The van der Waals surface area contributed by atoms with E-state index in [0.29, 0.717) is 5.92 Å². The number of piperidine rings is 1. The molecule has 0 aromatic heterocycles. The van der Waals surface area contributed by atoms with Crippen molar-refractivity contribution in [1.82, 2.24) is 10.2 Å². The number of carbonyl (C=O) groups is 1. The Bertz CT molecular complexity index is 672. The van der Waals surface area contributed by atoms with E-state index < -0.39 is 0 Å². The Morgan fingerprint density at radius 1 is 1.08 bits per heavy atom. The standard InChI is InChI=1S/C20H24N2OS.ClH/c1-21-15-16-11-13-22(14-12-16)20(23)18-9-5-6-10-19(18)24-17-7-3-2-4-8-17;/h2-10,16,21H,11-15H2,1H3;1H. The van der Waals surface area contributed by atoms with Crippen molar-refractivity contribution in [3.05, 3.63) is 60.2 Å². The van der Waals surface area contributed by atoms with Gasteiger partial charge >= 0.3 is 0 Å². The molecule has 2 aromatic carbocycles. The molecule has 1 aliphatic rings. The molecule has 0 aliphatic carbocycles. The summed E-state index contributed by atoms with van der Waals surface area (Å²) in [5.74, 6) is 0.852. The van der Waals surface area contributed by atoms with Gasteiger partial charge in [-0.05, 0) is 56.6 Å². The summed E-state index contributed by atoms with van der Waals surface area (Å²) in [5.41, 5.74) is 0.818. The summed E-state index contributed by atoms with van der Waals surface area (Å²) >= 11 is 1.66. The lowest BCUT2D eigenvalue weighted by Crippen LogP contribution is -2.40. The number of benzene rings is 2. The minimum atomic E-state index is 0.